The van der Waals surface area contributed by atoms with E-state index in [1.54, 1.807) is 11.3 Å². The van der Waals surface area contributed by atoms with Gasteiger partial charge < -0.3 is 10.6 Å². The van der Waals surface area contributed by atoms with E-state index in [4.69, 9.17) is 0 Å². The third-order valence-corrected chi connectivity index (χ3v) is 4.42. The van der Waals surface area contributed by atoms with Crippen molar-refractivity contribution in [2.45, 2.75) is 39.2 Å². The van der Waals surface area contributed by atoms with Crippen molar-refractivity contribution in [3.63, 3.8) is 0 Å². The molecular weight excluding hydrogens is 246 g/mol. The highest BCUT2D eigenvalue weighted by atomic mass is 32.1. The molecule has 1 aliphatic rings. The van der Waals surface area contributed by atoms with Crippen LogP contribution in [0.2, 0.25) is 0 Å². The Kier molecular flexibility index (Phi) is 4.72. The summed E-state index contributed by atoms with van der Waals surface area (Å²) in [5.74, 6) is 0.815. The van der Waals surface area contributed by atoms with E-state index in [0.29, 0.717) is 12.3 Å². The Bertz CT molecular complexity index is 399. The summed E-state index contributed by atoms with van der Waals surface area (Å²) in [6.45, 7) is 6.19. The third-order valence-electron chi connectivity index (χ3n) is 3.33. The lowest BCUT2D eigenvalue weighted by molar-refractivity contribution is -0.122. The van der Waals surface area contributed by atoms with Gasteiger partial charge in [-0.3, -0.25) is 4.79 Å². The topological polar surface area (TPSA) is 54.0 Å². The average molecular weight is 267 g/mol. The van der Waals surface area contributed by atoms with Crippen LogP contribution in [0, 0.1) is 12.8 Å². The van der Waals surface area contributed by atoms with Crippen molar-refractivity contribution in [1.29, 1.82) is 0 Å². The number of hydrogen-bond acceptors (Lipinski definition) is 4. The van der Waals surface area contributed by atoms with E-state index in [9.17, 15) is 4.79 Å². The number of thiazole rings is 1. The van der Waals surface area contributed by atoms with Gasteiger partial charge in [-0.15, -0.1) is 11.3 Å². The number of hydrogen-bond donors (Lipinski definition) is 2. The van der Waals surface area contributed by atoms with Gasteiger partial charge in [0.2, 0.25) is 5.91 Å². The van der Waals surface area contributed by atoms with Crippen LogP contribution in [0.15, 0.2) is 6.20 Å². The molecule has 2 rings (SSSR count). The van der Waals surface area contributed by atoms with Crippen LogP contribution in [-0.4, -0.2) is 24.0 Å². The molecule has 1 aliphatic heterocycles. The van der Waals surface area contributed by atoms with Gasteiger partial charge in [0.15, 0.2) is 0 Å². The van der Waals surface area contributed by atoms with E-state index in [1.807, 2.05) is 20.0 Å². The molecule has 0 aromatic carbocycles. The number of aryl methyl sites for hydroxylation is 1. The summed E-state index contributed by atoms with van der Waals surface area (Å²) in [6, 6.07) is 0.0258. The van der Waals surface area contributed by atoms with Gasteiger partial charge in [-0.2, -0.15) is 0 Å². The molecule has 0 saturated carbocycles. The molecular formula is C13H21N3OS. The first-order valence-corrected chi connectivity index (χ1v) is 7.39. The number of rotatable bonds is 5. The minimum absolute atomic E-state index is 0.0258. The normalized spacial score (nSPS) is 20.9. The minimum Gasteiger partial charge on any atom is -0.347 e. The van der Waals surface area contributed by atoms with Crippen LogP contribution in [0.3, 0.4) is 0 Å². The van der Waals surface area contributed by atoms with Crippen molar-refractivity contribution >= 4 is 17.2 Å². The Labute approximate surface area is 112 Å². The summed E-state index contributed by atoms with van der Waals surface area (Å²) in [7, 11) is 0. The molecule has 1 fully saturated rings. The predicted octanol–water partition coefficient (Wildman–Crippen LogP) is 2.02. The first-order chi connectivity index (χ1) is 8.65. The molecule has 5 heteroatoms. The first kappa shape index (κ1) is 13.5. The zero-order valence-electron chi connectivity index (χ0n) is 11.0. The fourth-order valence-corrected chi connectivity index (χ4v) is 3.02. The molecule has 1 aromatic rings. The number of nitrogens with zero attached hydrogens (tertiary/aromatic N) is 1. The fraction of sp³-hybridized carbons (Fsp3) is 0.692. The van der Waals surface area contributed by atoms with E-state index < -0.39 is 0 Å². The zero-order chi connectivity index (χ0) is 13.0. The zero-order valence-corrected chi connectivity index (χ0v) is 11.8. The van der Waals surface area contributed by atoms with Gasteiger partial charge in [0.05, 0.1) is 6.04 Å². The Morgan fingerprint density at radius 3 is 3.17 bits per heavy atom. The highest BCUT2D eigenvalue weighted by Crippen LogP contribution is 2.19. The van der Waals surface area contributed by atoms with Gasteiger partial charge in [-0.1, -0.05) is 0 Å². The second kappa shape index (κ2) is 6.29. The van der Waals surface area contributed by atoms with E-state index in [-0.39, 0.29) is 11.9 Å². The summed E-state index contributed by atoms with van der Waals surface area (Å²) in [5.41, 5.74) is 0. The highest BCUT2D eigenvalue weighted by molar-refractivity contribution is 7.11. The van der Waals surface area contributed by atoms with Crippen molar-refractivity contribution in [3.05, 3.63) is 16.1 Å². The fourth-order valence-electron chi connectivity index (χ4n) is 2.24. The molecule has 0 aliphatic carbocycles. The maximum atomic E-state index is 11.8. The van der Waals surface area contributed by atoms with Crippen LogP contribution in [0.1, 0.15) is 42.1 Å². The Balaban J connectivity index is 1.73. The van der Waals surface area contributed by atoms with Crippen LogP contribution in [0.4, 0.5) is 0 Å². The average Bonchev–Trinajstić information content (AvgIpc) is 2.97. The van der Waals surface area contributed by atoms with Gasteiger partial charge in [-0.25, -0.2) is 4.98 Å². The lowest BCUT2D eigenvalue weighted by Gasteiger charge is -2.12. The number of carbonyl (C=O) groups excluding carboxylic acids is 1. The first-order valence-electron chi connectivity index (χ1n) is 6.57. The van der Waals surface area contributed by atoms with Gasteiger partial charge in [0.1, 0.15) is 5.01 Å². The highest BCUT2D eigenvalue weighted by Gasteiger charge is 2.17. The van der Waals surface area contributed by atoms with E-state index >= 15 is 0 Å². The van der Waals surface area contributed by atoms with E-state index in [2.05, 4.69) is 15.6 Å². The molecule has 1 amide bonds. The Morgan fingerprint density at radius 1 is 1.72 bits per heavy atom. The predicted molar refractivity (Wildman–Crippen MR) is 73.6 cm³/mol. The van der Waals surface area contributed by atoms with Crippen LogP contribution in [0.25, 0.3) is 0 Å². The van der Waals surface area contributed by atoms with Crippen molar-refractivity contribution in [2.75, 3.05) is 13.1 Å². The van der Waals surface area contributed by atoms with Crippen LogP contribution >= 0.6 is 11.3 Å². The summed E-state index contributed by atoms with van der Waals surface area (Å²) in [5, 5.41) is 7.34. The molecule has 4 nitrogen and oxygen atoms in total. The molecule has 2 N–H and O–H groups in total. The number of amides is 1. The second-order valence-corrected chi connectivity index (χ2v) is 6.26. The molecule has 0 radical (unpaired) electrons. The summed E-state index contributed by atoms with van der Waals surface area (Å²) in [6.07, 6.45) is 4.67. The maximum absolute atomic E-state index is 11.8. The standard InChI is InChI=1S/C13H21N3OS/c1-9-7-15-13(18-9)10(2)16-12(17)4-3-11-5-6-14-8-11/h7,10-11,14H,3-6,8H2,1-2H3,(H,16,17). The summed E-state index contributed by atoms with van der Waals surface area (Å²) >= 11 is 1.65. The smallest absolute Gasteiger partial charge is 0.220 e. The van der Waals surface area contributed by atoms with Crippen molar-refractivity contribution in [1.82, 2.24) is 15.6 Å². The summed E-state index contributed by atoms with van der Waals surface area (Å²) < 4.78 is 0. The SMILES string of the molecule is Cc1cnc(C(C)NC(=O)CCC2CCNC2)s1. The molecule has 1 saturated heterocycles. The quantitative estimate of drug-likeness (QED) is 0.858. The number of carbonyl (C=O) groups is 1. The molecule has 1 aromatic heterocycles. The lowest BCUT2D eigenvalue weighted by atomic mass is 10.0. The molecule has 0 spiro atoms. The van der Waals surface area contributed by atoms with Crippen molar-refractivity contribution < 1.29 is 4.79 Å². The monoisotopic (exact) mass is 267 g/mol. The molecule has 0 bridgehead atoms. The lowest BCUT2D eigenvalue weighted by Crippen LogP contribution is -2.27. The Morgan fingerprint density at radius 2 is 2.56 bits per heavy atom. The minimum atomic E-state index is 0.0258. The van der Waals surface area contributed by atoms with Crippen LogP contribution in [-0.2, 0) is 4.79 Å². The largest absolute Gasteiger partial charge is 0.347 e. The van der Waals surface area contributed by atoms with E-state index in [1.165, 1.54) is 11.3 Å². The second-order valence-electron chi connectivity index (χ2n) is 5.00. The van der Waals surface area contributed by atoms with Crippen LogP contribution < -0.4 is 10.6 Å². The van der Waals surface area contributed by atoms with Crippen molar-refractivity contribution in [2.24, 2.45) is 5.92 Å². The molecule has 100 valence electrons. The Hall–Kier alpha value is -0.940. The number of nitrogens with one attached hydrogen (secondary N) is 2. The van der Waals surface area contributed by atoms with Gasteiger partial charge in [0.25, 0.3) is 0 Å². The number of aromatic nitrogens is 1. The summed E-state index contributed by atoms with van der Waals surface area (Å²) in [4.78, 5) is 17.3. The van der Waals surface area contributed by atoms with E-state index in [0.717, 1.165) is 24.5 Å². The molecule has 2 unspecified atom stereocenters. The van der Waals surface area contributed by atoms with Gasteiger partial charge >= 0.3 is 0 Å². The van der Waals surface area contributed by atoms with Gasteiger partial charge in [0, 0.05) is 17.5 Å². The molecule has 2 heterocycles. The maximum Gasteiger partial charge on any atom is 0.220 e. The van der Waals surface area contributed by atoms with Gasteiger partial charge in [-0.05, 0) is 45.7 Å². The third kappa shape index (κ3) is 3.78. The van der Waals surface area contributed by atoms with Crippen LogP contribution in [0.5, 0.6) is 0 Å². The molecule has 18 heavy (non-hydrogen) atoms. The van der Waals surface area contributed by atoms with Crippen molar-refractivity contribution in [3.8, 4) is 0 Å². The molecule has 2 atom stereocenters.